The number of fused-ring (bicyclic) bond motifs is 1. The van der Waals surface area contributed by atoms with E-state index in [2.05, 4.69) is 0 Å². The highest BCUT2D eigenvalue weighted by Crippen LogP contribution is 2.16. The summed E-state index contributed by atoms with van der Waals surface area (Å²) < 4.78 is 18.5. The Labute approximate surface area is 97.1 Å². The maximum Gasteiger partial charge on any atom is 0.491 e. The minimum absolute atomic E-state index is 0.00620. The lowest BCUT2D eigenvalue weighted by Crippen LogP contribution is -2.34. The number of hydrogen-bond donors (Lipinski definition) is 3. The molecular weight excluding hydrogens is 228 g/mol. The number of carboxylic acids is 1. The summed E-state index contributed by atoms with van der Waals surface area (Å²) in [6, 6.07) is 1.66. The van der Waals surface area contributed by atoms with E-state index in [1.807, 2.05) is 0 Å². The Morgan fingerprint density at radius 3 is 3.00 bits per heavy atom. The highest BCUT2D eigenvalue weighted by molar-refractivity contribution is 6.61. The second-order valence-corrected chi connectivity index (χ2v) is 3.96. The van der Waals surface area contributed by atoms with E-state index in [0.717, 1.165) is 0 Å². The van der Waals surface area contributed by atoms with Crippen molar-refractivity contribution in [3.63, 3.8) is 0 Å². The summed E-state index contributed by atoms with van der Waals surface area (Å²) >= 11 is 0. The van der Waals surface area contributed by atoms with E-state index in [1.54, 1.807) is 0 Å². The molecule has 0 saturated heterocycles. The monoisotopic (exact) mass is 239 g/mol. The minimum atomic E-state index is -1.15. The van der Waals surface area contributed by atoms with Crippen molar-refractivity contribution in [2.75, 3.05) is 0 Å². The first kappa shape index (κ1) is 12.0. The molecule has 5 nitrogen and oxygen atoms in total. The van der Waals surface area contributed by atoms with Crippen LogP contribution in [0.1, 0.15) is 11.1 Å². The zero-order valence-electron chi connectivity index (χ0n) is 8.89. The van der Waals surface area contributed by atoms with Gasteiger partial charge in [-0.3, -0.25) is 4.79 Å². The summed E-state index contributed by atoms with van der Waals surface area (Å²) in [7, 11) is -1.15. The summed E-state index contributed by atoms with van der Waals surface area (Å²) in [5.74, 6) is -1.66. The molecule has 0 aromatic heterocycles. The van der Waals surface area contributed by atoms with Crippen molar-refractivity contribution >= 4 is 18.6 Å². The third-order valence-electron chi connectivity index (χ3n) is 2.71. The van der Waals surface area contributed by atoms with Crippen molar-refractivity contribution in [2.24, 2.45) is 5.73 Å². The molecule has 1 aromatic rings. The molecule has 0 unspecified atom stereocenters. The molecule has 1 aliphatic heterocycles. The first-order chi connectivity index (χ1) is 7.99. The molecule has 0 fully saturated rings. The number of halogens is 1. The molecule has 0 spiro atoms. The SMILES string of the molecule is N[C@@H](Cc1cc(F)c2c(c1)B(O)OC2)C(=O)O. The van der Waals surface area contributed by atoms with Crippen LogP contribution in [0.15, 0.2) is 12.1 Å². The minimum Gasteiger partial charge on any atom is -0.480 e. The predicted molar refractivity (Wildman–Crippen MR) is 58.1 cm³/mol. The van der Waals surface area contributed by atoms with E-state index >= 15 is 0 Å². The first-order valence-electron chi connectivity index (χ1n) is 5.08. The second kappa shape index (κ2) is 4.44. The Morgan fingerprint density at radius 1 is 1.65 bits per heavy atom. The Balaban J connectivity index is 2.29. The Hall–Kier alpha value is -1.44. The molecule has 2 rings (SSSR count). The number of aliphatic carboxylic acids is 1. The van der Waals surface area contributed by atoms with Gasteiger partial charge in [0.1, 0.15) is 11.9 Å². The normalized spacial score (nSPS) is 15.8. The summed E-state index contributed by atoms with van der Waals surface area (Å²) in [6.07, 6.45) is 0.00620. The second-order valence-electron chi connectivity index (χ2n) is 3.96. The van der Waals surface area contributed by atoms with Crippen LogP contribution in [0.25, 0.3) is 0 Å². The fourth-order valence-electron chi connectivity index (χ4n) is 1.80. The van der Waals surface area contributed by atoms with Crippen LogP contribution in [0.5, 0.6) is 0 Å². The predicted octanol–water partition coefficient (Wildman–Crippen LogP) is -1.00. The average molecular weight is 239 g/mol. The van der Waals surface area contributed by atoms with Gasteiger partial charge in [-0.25, -0.2) is 4.39 Å². The molecular formula is C10H11BFNO4. The molecule has 0 radical (unpaired) electrons. The van der Waals surface area contributed by atoms with Gasteiger partial charge < -0.3 is 20.5 Å². The molecule has 0 bridgehead atoms. The molecule has 90 valence electrons. The number of hydrogen-bond acceptors (Lipinski definition) is 4. The first-order valence-corrected chi connectivity index (χ1v) is 5.08. The molecule has 7 heteroatoms. The number of rotatable bonds is 3. The van der Waals surface area contributed by atoms with Crippen LogP contribution in [0.4, 0.5) is 4.39 Å². The molecule has 1 atom stereocenters. The molecule has 0 saturated carbocycles. The molecule has 1 aromatic carbocycles. The fourth-order valence-corrected chi connectivity index (χ4v) is 1.80. The van der Waals surface area contributed by atoms with E-state index in [1.165, 1.54) is 12.1 Å². The van der Waals surface area contributed by atoms with Crippen molar-refractivity contribution in [3.05, 3.63) is 29.1 Å². The van der Waals surface area contributed by atoms with Gasteiger partial charge in [-0.1, -0.05) is 6.07 Å². The Kier molecular flexibility index (Phi) is 3.14. The summed E-state index contributed by atoms with van der Waals surface area (Å²) in [5.41, 5.74) is 6.45. The zero-order chi connectivity index (χ0) is 12.6. The van der Waals surface area contributed by atoms with Crippen LogP contribution in [0.2, 0.25) is 0 Å². The summed E-state index contributed by atoms with van der Waals surface area (Å²) in [6.45, 7) is 0.0214. The molecule has 1 aliphatic rings. The van der Waals surface area contributed by atoms with Gasteiger partial charge in [-0.05, 0) is 23.5 Å². The standard InChI is InChI=1S/C10H11BFNO4/c12-8-2-5(3-9(13)10(14)15)1-7-6(8)4-17-11(7)16/h1-2,9,16H,3-4,13H2,(H,14,15)/t9-/m0/s1. The van der Waals surface area contributed by atoms with Crippen LogP contribution in [0.3, 0.4) is 0 Å². The van der Waals surface area contributed by atoms with Gasteiger partial charge in [0.15, 0.2) is 0 Å². The van der Waals surface area contributed by atoms with Gasteiger partial charge >= 0.3 is 13.1 Å². The van der Waals surface area contributed by atoms with E-state index < -0.39 is 24.9 Å². The van der Waals surface area contributed by atoms with Gasteiger partial charge in [0, 0.05) is 5.56 Å². The third kappa shape index (κ3) is 2.31. The van der Waals surface area contributed by atoms with Crippen LogP contribution in [0, 0.1) is 5.82 Å². The number of nitrogens with two attached hydrogens (primary N) is 1. The van der Waals surface area contributed by atoms with E-state index in [0.29, 0.717) is 16.6 Å². The van der Waals surface area contributed by atoms with E-state index in [-0.39, 0.29) is 13.0 Å². The van der Waals surface area contributed by atoms with Gasteiger partial charge in [-0.2, -0.15) is 0 Å². The lowest BCUT2D eigenvalue weighted by atomic mass is 9.78. The van der Waals surface area contributed by atoms with E-state index in [4.69, 9.17) is 15.5 Å². The van der Waals surface area contributed by atoms with Crippen LogP contribution < -0.4 is 11.2 Å². The average Bonchev–Trinajstić information content (AvgIpc) is 2.61. The van der Waals surface area contributed by atoms with Crippen LogP contribution in [-0.4, -0.2) is 29.3 Å². The van der Waals surface area contributed by atoms with Crippen LogP contribution >= 0.6 is 0 Å². The molecule has 17 heavy (non-hydrogen) atoms. The molecule has 0 amide bonds. The Morgan fingerprint density at radius 2 is 2.35 bits per heavy atom. The maximum absolute atomic E-state index is 13.6. The van der Waals surface area contributed by atoms with Crippen molar-refractivity contribution in [1.29, 1.82) is 0 Å². The summed E-state index contributed by atoms with van der Waals surface area (Å²) in [4.78, 5) is 10.6. The maximum atomic E-state index is 13.6. The van der Waals surface area contributed by atoms with Gasteiger partial charge in [0.25, 0.3) is 0 Å². The molecule has 1 heterocycles. The largest absolute Gasteiger partial charge is 0.491 e. The molecule has 4 N–H and O–H groups in total. The van der Waals surface area contributed by atoms with Gasteiger partial charge in [0.05, 0.1) is 6.61 Å². The van der Waals surface area contributed by atoms with E-state index in [9.17, 15) is 14.2 Å². The number of carbonyl (C=O) groups is 1. The Bertz CT molecular complexity index is 468. The molecule has 0 aliphatic carbocycles. The third-order valence-corrected chi connectivity index (χ3v) is 2.71. The number of carboxylic acid groups (broad SMARTS) is 1. The fraction of sp³-hybridized carbons (Fsp3) is 0.300. The topological polar surface area (TPSA) is 92.8 Å². The lowest BCUT2D eigenvalue weighted by molar-refractivity contribution is -0.138. The lowest BCUT2D eigenvalue weighted by Gasteiger charge is -2.09. The van der Waals surface area contributed by atoms with Gasteiger partial charge in [0.2, 0.25) is 0 Å². The van der Waals surface area contributed by atoms with Crippen molar-refractivity contribution < 1.29 is 24.0 Å². The quantitative estimate of drug-likeness (QED) is 0.588. The highest BCUT2D eigenvalue weighted by atomic mass is 19.1. The van der Waals surface area contributed by atoms with Gasteiger partial charge in [-0.15, -0.1) is 0 Å². The van der Waals surface area contributed by atoms with Crippen molar-refractivity contribution in [3.8, 4) is 0 Å². The van der Waals surface area contributed by atoms with Crippen molar-refractivity contribution in [1.82, 2.24) is 0 Å². The van der Waals surface area contributed by atoms with Crippen LogP contribution in [-0.2, 0) is 22.5 Å². The summed E-state index contributed by atoms with van der Waals surface area (Å²) in [5, 5.41) is 18.1. The highest BCUT2D eigenvalue weighted by Gasteiger charge is 2.30. The number of benzene rings is 1. The zero-order valence-corrected chi connectivity index (χ0v) is 8.89. The van der Waals surface area contributed by atoms with Crippen molar-refractivity contribution in [2.45, 2.75) is 19.1 Å². The smallest absolute Gasteiger partial charge is 0.480 e.